The highest BCUT2D eigenvalue weighted by molar-refractivity contribution is 7.10. The quantitative estimate of drug-likeness (QED) is 0.788. The van der Waals surface area contributed by atoms with Crippen LogP contribution in [0.5, 0.6) is 0 Å². The van der Waals surface area contributed by atoms with Crippen molar-refractivity contribution in [1.29, 1.82) is 0 Å². The highest BCUT2D eigenvalue weighted by Crippen LogP contribution is 2.30. The average molecular weight is 348 g/mol. The Kier molecular flexibility index (Phi) is 6.14. The lowest BCUT2D eigenvalue weighted by molar-refractivity contribution is -0.136. The molecule has 0 radical (unpaired) electrons. The maximum atomic E-state index is 12.4. The molecule has 0 aliphatic heterocycles. The third kappa shape index (κ3) is 4.23. The van der Waals surface area contributed by atoms with Gasteiger partial charge in [-0.2, -0.15) is 5.10 Å². The Hall–Kier alpha value is -2.15. The highest BCUT2D eigenvalue weighted by atomic mass is 32.1. The molecular weight excluding hydrogens is 324 g/mol. The van der Waals surface area contributed by atoms with Gasteiger partial charge in [-0.15, -0.1) is 11.3 Å². The van der Waals surface area contributed by atoms with E-state index in [0.29, 0.717) is 11.7 Å². The molecule has 0 unspecified atom stereocenters. The average Bonchev–Trinajstić information content (AvgIpc) is 3.17. The molecule has 0 bridgehead atoms. The second-order valence-electron chi connectivity index (χ2n) is 5.79. The highest BCUT2D eigenvalue weighted by Gasteiger charge is 2.26. The van der Waals surface area contributed by atoms with Crippen LogP contribution >= 0.6 is 11.3 Å². The third-order valence-corrected chi connectivity index (χ3v) is 5.06. The van der Waals surface area contributed by atoms with E-state index in [2.05, 4.69) is 29.6 Å². The van der Waals surface area contributed by atoms with E-state index in [1.54, 1.807) is 24.5 Å². The molecule has 1 atom stereocenters. The number of rotatable bonds is 6. The molecule has 2 heterocycles. The Balaban J connectivity index is 2.09. The summed E-state index contributed by atoms with van der Waals surface area (Å²) in [5, 5.41) is 11.6. The molecule has 0 aliphatic carbocycles. The van der Waals surface area contributed by atoms with E-state index in [9.17, 15) is 9.59 Å². The molecule has 2 aromatic heterocycles. The number of aryl methyl sites for hydroxylation is 2. The molecule has 0 aromatic carbocycles. The number of thiophene rings is 1. The van der Waals surface area contributed by atoms with Crippen LogP contribution in [0.25, 0.3) is 0 Å². The molecule has 2 amide bonds. The summed E-state index contributed by atoms with van der Waals surface area (Å²) < 4.78 is 1.54. The number of hydrogen-bond donors (Lipinski definition) is 2. The zero-order chi connectivity index (χ0) is 17.7. The maximum Gasteiger partial charge on any atom is 0.314 e. The van der Waals surface area contributed by atoms with E-state index in [4.69, 9.17) is 0 Å². The molecule has 24 heavy (non-hydrogen) atoms. The number of amides is 2. The van der Waals surface area contributed by atoms with Gasteiger partial charge in [0.25, 0.3) is 0 Å². The van der Waals surface area contributed by atoms with Crippen LogP contribution in [0.15, 0.2) is 23.6 Å². The number of nitrogens with one attached hydrogen (secondary N) is 2. The van der Waals surface area contributed by atoms with E-state index >= 15 is 0 Å². The van der Waals surface area contributed by atoms with Crippen molar-refractivity contribution in [2.45, 2.75) is 39.7 Å². The van der Waals surface area contributed by atoms with Crippen molar-refractivity contribution >= 4 is 29.0 Å². The molecule has 6 nitrogen and oxygen atoms in total. The van der Waals surface area contributed by atoms with Gasteiger partial charge in [-0.25, -0.2) is 0 Å². The second kappa shape index (κ2) is 8.10. The summed E-state index contributed by atoms with van der Waals surface area (Å²) in [4.78, 5) is 25.6. The predicted molar refractivity (Wildman–Crippen MR) is 95.8 cm³/mol. The van der Waals surface area contributed by atoms with Crippen molar-refractivity contribution in [3.8, 4) is 0 Å². The second-order valence-corrected chi connectivity index (χ2v) is 6.77. The minimum Gasteiger partial charge on any atom is -0.340 e. The Labute approximate surface area is 146 Å². The first kappa shape index (κ1) is 18.2. The van der Waals surface area contributed by atoms with Gasteiger partial charge in [-0.05, 0) is 24.3 Å². The minimum absolute atomic E-state index is 0.147. The Morgan fingerprint density at radius 2 is 2.00 bits per heavy atom. The summed E-state index contributed by atoms with van der Waals surface area (Å²) in [6.07, 6.45) is 1.86. The molecule has 0 spiro atoms. The van der Waals surface area contributed by atoms with E-state index in [1.165, 1.54) is 4.68 Å². The van der Waals surface area contributed by atoms with Gasteiger partial charge in [0.15, 0.2) is 0 Å². The first-order valence-corrected chi connectivity index (χ1v) is 9.00. The molecule has 2 aromatic rings. The normalized spacial score (nSPS) is 12.2. The van der Waals surface area contributed by atoms with Crippen LogP contribution in [0, 0.1) is 12.8 Å². The zero-order valence-electron chi connectivity index (χ0n) is 14.5. The number of anilines is 1. The lowest BCUT2D eigenvalue weighted by Gasteiger charge is -2.25. The number of nitrogens with zero attached hydrogens (tertiary/aromatic N) is 2. The summed E-state index contributed by atoms with van der Waals surface area (Å²) in [6.45, 7) is 6.02. The lowest BCUT2D eigenvalue weighted by Crippen LogP contribution is -2.40. The van der Waals surface area contributed by atoms with Gasteiger partial charge in [-0.3, -0.25) is 14.3 Å². The number of carbonyl (C=O) groups excluding carboxylic acids is 2. The molecule has 130 valence electrons. The van der Waals surface area contributed by atoms with Gasteiger partial charge in [0.1, 0.15) is 5.82 Å². The summed E-state index contributed by atoms with van der Waals surface area (Å²) in [5.74, 6) is -0.508. The van der Waals surface area contributed by atoms with Gasteiger partial charge >= 0.3 is 11.8 Å². The first-order chi connectivity index (χ1) is 11.5. The smallest absolute Gasteiger partial charge is 0.314 e. The van der Waals surface area contributed by atoms with Crippen molar-refractivity contribution in [3.05, 3.63) is 34.2 Å². The molecule has 0 saturated heterocycles. The van der Waals surface area contributed by atoms with Crippen LogP contribution in [0.4, 0.5) is 5.82 Å². The molecule has 7 heteroatoms. The van der Waals surface area contributed by atoms with Gasteiger partial charge in [0.05, 0.1) is 11.7 Å². The number of carbonyl (C=O) groups is 2. The summed E-state index contributed by atoms with van der Waals surface area (Å²) in [5.41, 5.74) is 0.779. The van der Waals surface area contributed by atoms with Crippen molar-refractivity contribution < 1.29 is 9.59 Å². The minimum atomic E-state index is -0.675. The van der Waals surface area contributed by atoms with Crippen LogP contribution in [-0.2, 0) is 16.6 Å². The Morgan fingerprint density at radius 3 is 2.50 bits per heavy atom. The van der Waals surface area contributed by atoms with Gasteiger partial charge in [0.2, 0.25) is 0 Å². The number of aromatic nitrogens is 2. The van der Waals surface area contributed by atoms with Crippen LogP contribution in [-0.4, -0.2) is 21.6 Å². The van der Waals surface area contributed by atoms with Crippen LogP contribution in [0.3, 0.4) is 0 Å². The summed E-state index contributed by atoms with van der Waals surface area (Å²) in [6, 6.07) is 5.53. The third-order valence-electron chi connectivity index (χ3n) is 4.11. The fourth-order valence-corrected chi connectivity index (χ4v) is 3.63. The summed E-state index contributed by atoms with van der Waals surface area (Å²) >= 11 is 1.59. The Bertz CT molecular complexity index is 690. The number of hydrogen-bond acceptors (Lipinski definition) is 4. The van der Waals surface area contributed by atoms with Crippen molar-refractivity contribution in [2.75, 3.05) is 5.32 Å². The molecule has 0 fully saturated rings. The van der Waals surface area contributed by atoms with E-state index < -0.39 is 11.8 Å². The van der Waals surface area contributed by atoms with Crippen LogP contribution in [0.2, 0.25) is 0 Å². The molecule has 0 saturated carbocycles. The van der Waals surface area contributed by atoms with E-state index in [0.717, 1.165) is 23.4 Å². The van der Waals surface area contributed by atoms with E-state index in [1.807, 2.05) is 24.4 Å². The lowest BCUT2D eigenvalue weighted by atomic mass is 9.93. The van der Waals surface area contributed by atoms with Crippen molar-refractivity contribution in [1.82, 2.24) is 15.1 Å². The fraction of sp³-hybridized carbons (Fsp3) is 0.471. The fourth-order valence-electron chi connectivity index (χ4n) is 2.76. The Morgan fingerprint density at radius 1 is 1.29 bits per heavy atom. The van der Waals surface area contributed by atoms with Crippen LogP contribution in [0.1, 0.15) is 43.3 Å². The molecule has 0 aliphatic rings. The molecule has 2 rings (SSSR count). The van der Waals surface area contributed by atoms with Gasteiger partial charge < -0.3 is 10.6 Å². The van der Waals surface area contributed by atoms with Crippen LogP contribution < -0.4 is 10.6 Å². The van der Waals surface area contributed by atoms with Crippen molar-refractivity contribution in [2.24, 2.45) is 13.0 Å². The topological polar surface area (TPSA) is 76.0 Å². The zero-order valence-corrected chi connectivity index (χ0v) is 15.3. The predicted octanol–water partition coefficient (Wildman–Crippen LogP) is 3.02. The first-order valence-electron chi connectivity index (χ1n) is 8.12. The largest absolute Gasteiger partial charge is 0.340 e. The standard InChI is InChI=1S/C17H24N4O2S/c1-5-12(6-2)15(13-8-7-9-24-13)19-17(23)16(22)18-14-10-11(3)20-21(14)4/h7-10,12,15H,5-6H2,1-4H3,(H,18,22)(H,19,23)/t15-/m1/s1. The monoisotopic (exact) mass is 348 g/mol. The SMILES string of the molecule is CCC(CC)[C@@H](NC(=O)C(=O)Nc1cc(C)nn1C)c1cccs1. The molecular formula is C17H24N4O2S. The molecule has 2 N–H and O–H groups in total. The van der Waals surface area contributed by atoms with Crippen molar-refractivity contribution in [3.63, 3.8) is 0 Å². The van der Waals surface area contributed by atoms with E-state index in [-0.39, 0.29) is 6.04 Å². The maximum absolute atomic E-state index is 12.4. The summed E-state index contributed by atoms with van der Waals surface area (Å²) in [7, 11) is 1.72. The van der Waals surface area contributed by atoms with Gasteiger partial charge in [0, 0.05) is 18.0 Å². The van der Waals surface area contributed by atoms with Gasteiger partial charge in [-0.1, -0.05) is 32.8 Å².